The van der Waals surface area contributed by atoms with Crippen LogP contribution in [0.2, 0.25) is 0 Å². The quantitative estimate of drug-likeness (QED) is 0.424. The van der Waals surface area contributed by atoms with Crippen LogP contribution in [0.5, 0.6) is 0 Å². The van der Waals surface area contributed by atoms with Crippen molar-refractivity contribution in [2.45, 2.75) is 25.7 Å². The van der Waals surface area contributed by atoms with Crippen LogP contribution in [0, 0.1) is 0 Å². The summed E-state index contributed by atoms with van der Waals surface area (Å²) >= 11 is 0. The van der Waals surface area contributed by atoms with Crippen molar-refractivity contribution in [1.29, 1.82) is 0 Å². The average molecular weight is 345 g/mol. The highest BCUT2D eigenvalue weighted by Gasteiger charge is 2.13. The van der Waals surface area contributed by atoms with Gasteiger partial charge in [0.15, 0.2) is 0 Å². The first-order valence-corrected chi connectivity index (χ1v) is 9.84. The molecule has 0 aliphatic carbocycles. The third-order valence-electron chi connectivity index (χ3n) is 4.46. The van der Waals surface area contributed by atoms with Gasteiger partial charge in [-0.05, 0) is 34.7 Å². The molecule has 0 heterocycles. The Labute approximate surface area is 153 Å². The third kappa shape index (κ3) is 5.15. The maximum absolute atomic E-state index is 5.99. The second kappa shape index (κ2) is 9.35. The van der Waals surface area contributed by atoms with Crippen molar-refractivity contribution in [1.82, 2.24) is 0 Å². The predicted octanol–water partition coefficient (Wildman–Crippen LogP) is 4.73. The molecule has 2 heteroatoms. The Morgan fingerprint density at radius 3 is 1.84 bits per heavy atom. The minimum absolute atomic E-state index is 0.384. The Bertz CT molecular complexity index is 699. The van der Waals surface area contributed by atoms with Gasteiger partial charge in [-0.2, -0.15) is 0 Å². The first-order chi connectivity index (χ1) is 12.4. The van der Waals surface area contributed by atoms with E-state index in [1.165, 1.54) is 21.9 Å². The summed E-state index contributed by atoms with van der Waals surface area (Å²) in [5.74, 6) is 0.384. The summed E-state index contributed by atoms with van der Waals surface area (Å²) in [5, 5.41) is 1.27. The normalized spacial score (nSPS) is 11.0. The minimum Gasteiger partial charge on any atom is -0.411 e. The van der Waals surface area contributed by atoms with Crippen LogP contribution >= 0.6 is 0 Å². The van der Waals surface area contributed by atoms with E-state index in [0.717, 1.165) is 19.4 Å². The van der Waals surface area contributed by atoms with Crippen LogP contribution in [0.15, 0.2) is 84.9 Å². The van der Waals surface area contributed by atoms with Crippen LogP contribution in [0.25, 0.3) is 0 Å². The second-order valence-corrected chi connectivity index (χ2v) is 7.23. The highest BCUT2D eigenvalue weighted by molar-refractivity contribution is 6.46. The Kier molecular flexibility index (Phi) is 6.61. The molecule has 3 aromatic rings. The number of hydrogen-bond donors (Lipinski definition) is 0. The number of benzene rings is 3. The summed E-state index contributed by atoms with van der Waals surface area (Å²) in [4.78, 5) is 0. The molecular weight excluding hydrogens is 320 g/mol. The largest absolute Gasteiger partial charge is 0.411 e. The zero-order chi connectivity index (χ0) is 17.3. The van der Waals surface area contributed by atoms with Crippen molar-refractivity contribution in [2.75, 3.05) is 6.61 Å². The zero-order valence-corrected chi connectivity index (χ0v) is 15.7. The highest BCUT2D eigenvalue weighted by Crippen LogP contribution is 2.27. The minimum atomic E-state index is 0.384. The summed E-state index contributed by atoms with van der Waals surface area (Å²) in [5.41, 5.74) is 4.09. The van der Waals surface area contributed by atoms with Gasteiger partial charge in [0.25, 0.3) is 9.76 Å². The highest BCUT2D eigenvalue weighted by atomic mass is 28.2. The van der Waals surface area contributed by atoms with Gasteiger partial charge in [0.2, 0.25) is 0 Å². The van der Waals surface area contributed by atoms with Crippen LogP contribution in [-0.2, 0) is 10.8 Å². The Hall–Kier alpha value is -2.16. The summed E-state index contributed by atoms with van der Waals surface area (Å²) in [7, 11) is 0.417. The molecule has 126 valence electrons. The fourth-order valence-electron chi connectivity index (χ4n) is 3.02. The lowest BCUT2D eigenvalue weighted by Crippen LogP contribution is -2.18. The van der Waals surface area contributed by atoms with Crippen LogP contribution < -0.4 is 5.19 Å². The van der Waals surface area contributed by atoms with E-state index in [1.807, 2.05) is 0 Å². The van der Waals surface area contributed by atoms with Gasteiger partial charge in [-0.25, -0.2) is 0 Å². The first-order valence-electron chi connectivity index (χ1n) is 8.93. The van der Waals surface area contributed by atoms with Gasteiger partial charge in [-0.3, -0.25) is 0 Å². The van der Waals surface area contributed by atoms with E-state index in [-0.39, 0.29) is 0 Å². The van der Waals surface area contributed by atoms with Crippen molar-refractivity contribution in [2.24, 2.45) is 0 Å². The standard InChI is InChI=1S/C23H24OSi/c1-2-19-13-15-22(16-14-19)25-24-18-17-23(20-9-5-3-6-10-20)21-11-7-4-8-12-21/h3-16,23H,2,17-18H2,1H3. The van der Waals surface area contributed by atoms with Crippen molar-refractivity contribution in [3.63, 3.8) is 0 Å². The SMILES string of the molecule is CCc1ccc([Si]OCCC(c2ccccc2)c2ccccc2)cc1. The van der Waals surface area contributed by atoms with E-state index < -0.39 is 0 Å². The van der Waals surface area contributed by atoms with E-state index in [4.69, 9.17) is 4.43 Å². The van der Waals surface area contributed by atoms with E-state index in [9.17, 15) is 0 Å². The van der Waals surface area contributed by atoms with Gasteiger partial charge < -0.3 is 4.43 Å². The molecule has 0 saturated carbocycles. The topological polar surface area (TPSA) is 9.23 Å². The lowest BCUT2D eigenvalue weighted by molar-refractivity contribution is 0.325. The summed E-state index contributed by atoms with van der Waals surface area (Å²) < 4.78 is 5.99. The van der Waals surface area contributed by atoms with Crippen LogP contribution in [0.1, 0.15) is 36.0 Å². The van der Waals surface area contributed by atoms with E-state index >= 15 is 0 Å². The molecule has 25 heavy (non-hydrogen) atoms. The van der Waals surface area contributed by atoms with Crippen molar-refractivity contribution < 1.29 is 4.43 Å². The Morgan fingerprint density at radius 1 is 0.760 bits per heavy atom. The van der Waals surface area contributed by atoms with Gasteiger partial charge in [-0.15, -0.1) is 0 Å². The number of rotatable bonds is 8. The average Bonchev–Trinajstić information content (AvgIpc) is 2.70. The molecule has 0 fully saturated rings. The summed E-state index contributed by atoms with van der Waals surface area (Å²) in [6.45, 7) is 2.95. The van der Waals surface area contributed by atoms with E-state index in [0.29, 0.717) is 15.7 Å². The maximum Gasteiger partial charge on any atom is 0.268 e. The monoisotopic (exact) mass is 344 g/mol. The Balaban J connectivity index is 1.59. The molecule has 0 aromatic heterocycles. The van der Waals surface area contributed by atoms with Gasteiger partial charge in [-0.1, -0.05) is 91.9 Å². The van der Waals surface area contributed by atoms with Crippen LogP contribution in [0.3, 0.4) is 0 Å². The molecule has 0 bridgehead atoms. The smallest absolute Gasteiger partial charge is 0.268 e. The van der Waals surface area contributed by atoms with E-state index in [2.05, 4.69) is 91.9 Å². The fraction of sp³-hybridized carbons (Fsp3) is 0.217. The molecule has 3 rings (SSSR count). The molecule has 0 aliphatic rings. The molecule has 0 unspecified atom stereocenters. The van der Waals surface area contributed by atoms with Crippen molar-refractivity contribution in [3.8, 4) is 0 Å². The summed E-state index contributed by atoms with van der Waals surface area (Å²) in [6.07, 6.45) is 2.08. The zero-order valence-electron chi connectivity index (χ0n) is 14.7. The Morgan fingerprint density at radius 2 is 1.32 bits per heavy atom. The molecule has 3 aromatic carbocycles. The van der Waals surface area contributed by atoms with E-state index in [1.54, 1.807) is 0 Å². The van der Waals surface area contributed by atoms with Crippen molar-refractivity contribution >= 4 is 14.9 Å². The second-order valence-electron chi connectivity index (χ2n) is 6.16. The summed E-state index contributed by atoms with van der Waals surface area (Å²) in [6, 6.07) is 30.2. The fourth-order valence-corrected chi connectivity index (χ4v) is 3.71. The lowest BCUT2D eigenvalue weighted by Gasteiger charge is -2.18. The van der Waals surface area contributed by atoms with Crippen LogP contribution in [-0.4, -0.2) is 16.4 Å². The third-order valence-corrected chi connectivity index (χ3v) is 5.38. The number of aryl methyl sites for hydroxylation is 1. The molecule has 1 nitrogen and oxygen atoms in total. The van der Waals surface area contributed by atoms with Crippen molar-refractivity contribution in [3.05, 3.63) is 102 Å². The molecule has 0 saturated heterocycles. The molecule has 0 N–H and O–H groups in total. The maximum atomic E-state index is 5.99. The molecule has 0 aliphatic heterocycles. The molecule has 0 spiro atoms. The molecule has 2 radical (unpaired) electrons. The molecule has 0 atom stereocenters. The number of hydrogen-bond acceptors (Lipinski definition) is 1. The first kappa shape index (κ1) is 17.7. The van der Waals surface area contributed by atoms with Gasteiger partial charge in [0.1, 0.15) is 0 Å². The van der Waals surface area contributed by atoms with Gasteiger partial charge in [0, 0.05) is 12.5 Å². The van der Waals surface area contributed by atoms with Gasteiger partial charge in [0.05, 0.1) is 0 Å². The lowest BCUT2D eigenvalue weighted by atomic mass is 9.89. The molecule has 0 amide bonds. The molecular formula is C23H24OSi. The van der Waals surface area contributed by atoms with Crippen LogP contribution in [0.4, 0.5) is 0 Å². The van der Waals surface area contributed by atoms with Gasteiger partial charge >= 0.3 is 0 Å². The predicted molar refractivity (Wildman–Crippen MR) is 107 cm³/mol.